The van der Waals surface area contributed by atoms with Crippen LogP contribution in [0.25, 0.3) is 0 Å². The van der Waals surface area contributed by atoms with Gasteiger partial charge in [-0.2, -0.15) is 13.2 Å². The number of nitrogens with one attached hydrogen (secondary N) is 1. The second kappa shape index (κ2) is 6.68. The van der Waals surface area contributed by atoms with E-state index in [0.717, 1.165) is 0 Å². The fourth-order valence-corrected chi connectivity index (χ4v) is 2.19. The lowest BCUT2D eigenvalue weighted by atomic mass is 10.0. The summed E-state index contributed by atoms with van der Waals surface area (Å²) in [4.78, 5) is 23.7. The van der Waals surface area contributed by atoms with Gasteiger partial charge in [0.25, 0.3) is 0 Å². The Kier molecular flexibility index (Phi) is 4.88. The minimum absolute atomic E-state index is 0.0212. The van der Waals surface area contributed by atoms with Gasteiger partial charge in [-0.05, 0) is 17.7 Å². The van der Waals surface area contributed by atoms with Gasteiger partial charge >= 0.3 is 12.1 Å². The van der Waals surface area contributed by atoms with Crippen molar-refractivity contribution in [3.05, 3.63) is 59.9 Å². The van der Waals surface area contributed by atoms with E-state index in [1.807, 2.05) is 0 Å². The van der Waals surface area contributed by atoms with E-state index >= 15 is 0 Å². The van der Waals surface area contributed by atoms with Gasteiger partial charge in [-0.1, -0.05) is 30.3 Å². The van der Waals surface area contributed by atoms with Crippen LogP contribution >= 0.6 is 0 Å². The van der Waals surface area contributed by atoms with Gasteiger partial charge in [-0.25, -0.2) is 0 Å². The van der Waals surface area contributed by atoms with Crippen molar-refractivity contribution in [1.29, 1.82) is 0 Å². The van der Waals surface area contributed by atoms with Crippen LogP contribution in [0.3, 0.4) is 0 Å². The van der Waals surface area contributed by atoms with E-state index in [1.165, 1.54) is 10.6 Å². The Hall–Kier alpha value is -2.57. The summed E-state index contributed by atoms with van der Waals surface area (Å²) in [6.45, 7) is 0. The van der Waals surface area contributed by atoms with Gasteiger partial charge in [0, 0.05) is 19.7 Å². The molecule has 7 heteroatoms. The highest BCUT2D eigenvalue weighted by Gasteiger charge is 2.41. The molecule has 1 atom stereocenters. The highest BCUT2D eigenvalue weighted by molar-refractivity contribution is 6.01. The molecule has 0 radical (unpaired) electrons. The molecule has 2 aromatic rings. The smallest absolute Gasteiger partial charge is 0.348 e. The molecule has 4 nitrogen and oxygen atoms in total. The van der Waals surface area contributed by atoms with Crippen LogP contribution in [-0.2, 0) is 18.3 Å². The maximum atomic E-state index is 12.5. The first-order valence-electron chi connectivity index (χ1n) is 6.86. The van der Waals surface area contributed by atoms with Crippen molar-refractivity contribution < 1.29 is 22.8 Å². The molecular weight excluding hydrogens is 309 g/mol. The molecule has 1 aromatic carbocycles. The van der Waals surface area contributed by atoms with Crippen molar-refractivity contribution in [1.82, 2.24) is 9.88 Å². The van der Waals surface area contributed by atoms with Crippen molar-refractivity contribution >= 4 is 11.7 Å². The third kappa shape index (κ3) is 4.21. The zero-order valence-corrected chi connectivity index (χ0v) is 12.3. The number of aryl methyl sites for hydroxylation is 1. The molecule has 0 unspecified atom stereocenters. The summed E-state index contributed by atoms with van der Waals surface area (Å²) in [5, 5.41) is 1.79. The molecule has 0 spiro atoms. The number of hydrogen-bond donors (Lipinski definition) is 1. The van der Waals surface area contributed by atoms with Crippen LogP contribution in [0.4, 0.5) is 13.2 Å². The van der Waals surface area contributed by atoms with Crippen LogP contribution in [0.1, 0.15) is 16.1 Å². The van der Waals surface area contributed by atoms with Crippen LogP contribution in [-0.4, -0.2) is 28.5 Å². The van der Waals surface area contributed by atoms with Gasteiger partial charge < -0.3 is 9.88 Å². The zero-order chi connectivity index (χ0) is 17.0. The van der Waals surface area contributed by atoms with Gasteiger partial charge in [0.1, 0.15) is 0 Å². The Labute approximate surface area is 130 Å². The molecule has 0 saturated heterocycles. The molecule has 0 aliphatic heterocycles. The van der Waals surface area contributed by atoms with Crippen LogP contribution < -0.4 is 5.32 Å². The normalized spacial score (nSPS) is 12.7. The molecule has 0 saturated carbocycles. The fourth-order valence-electron chi connectivity index (χ4n) is 2.19. The standard InChI is InChI=1S/C16H15F3N2O2/c1-21-9-5-8-13(21)14(22)12(20-15(23)16(17,18)19)10-11-6-3-2-4-7-11/h2-9,12H,10H2,1H3,(H,20,23)/t12-/m0/s1. The third-order valence-corrected chi connectivity index (χ3v) is 3.36. The zero-order valence-electron chi connectivity index (χ0n) is 12.3. The molecule has 0 fully saturated rings. The molecule has 0 aliphatic carbocycles. The number of amides is 1. The van der Waals surface area contributed by atoms with Crippen molar-refractivity contribution in [3.63, 3.8) is 0 Å². The SMILES string of the molecule is Cn1cccc1C(=O)[C@H](Cc1ccccc1)NC(=O)C(F)(F)F. The summed E-state index contributed by atoms with van der Waals surface area (Å²) in [6.07, 6.45) is -3.45. The van der Waals surface area contributed by atoms with E-state index in [9.17, 15) is 22.8 Å². The predicted molar refractivity (Wildman–Crippen MR) is 77.9 cm³/mol. The predicted octanol–water partition coefficient (Wildman–Crippen LogP) is 2.50. The molecule has 0 aliphatic rings. The lowest BCUT2D eigenvalue weighted by Crippen LogP contribution is -2.48. The molecule has 23 heavy (non-hydrogen) atoms. The summed E-state index contributed by atoms with van der Waals surface area (Å²) in [7, 11) is 1.61. The number of alkyl halides is 3. The number of rotatable bonds is 5. The van der Waals surface area contributed by atoms with Gasteiger partial charge in [0.2, 0.25) is 5.78 Å². The number of halogens is 3. The first-order valence-corrected chi connectivity index (χ1v) is 6.86. The van der Waals surface area contributed by atoms with Crippen molar-refractivity contribution in [2.45, 2.75) is 18.6 Å². The van der Waals surface area contributed by atoms with Crippen LogP contribution in [0.15, 0.2) is 48.7 Å². The lowest BCUT2D eigenvalue weighted by Gasteiger charge is -2.19. The molecular formula is C16H15F3N2O2. The number of Topliss-reactive ketones (excluding diaryl/α,β-unsaturated/α-hetero) is 1. The molecule has 2 rings (SSSR count). The number of ketones is 1. The van der Waals surface area contributed by atoms with Crippen molar-refractivity contribution in [3.8, 4) is 0 Å². The Morgan fingerprint density at radius 2 is 1.78 bits per heavy atom. The highest BCUT2D eigenvalue weighted by Crippen LogP contribution is 2.16. The van der Waals surface area contributed by atoms with Gasteiger partial charge in [0.05, 0.1) is 11.7 Å². The van der Waals surface area contributed by atoms with Crippen molar-refractivity contribution in [2.75, 3.05) is 0 Å². The minimum Gasteiger partial charge on any atom is -0.348 e. The Morgan fingerprint density at radius 1 is 1.13 bits per heavy atom. The van der Waals surface area contributed by atoms with E-state index in [2.05, 4.69) is 0 Å². The van der Waals surface area contributed by atoms with Gasteiger partial charge in [0.15, 0.2) is 0 Å². The number of nitrogens with zero attached hydrogens (tertiary/aromatic N) is 1. The van der Waals surface area contributed by atoms with E-state index < -0.39 is 23.9 Å². The Bertz CT molecular complexity index is 693. The Morgan fingerprint density at radius 3 is 2.30 bits per heavy atom. The number of carbonyl (C=O) groups is 2. The second-order valence-electron chi connectivity index (χ2n) is 5.08. The summed E-state index contributed by atoms with van der Waals surface area (Å²) in [6, 6.07) is 10.4. The van der Waals surface area contributed by atoms with E-state index in [-0.39, 0.29) is 12.1 Å². The fraction of sp³-hybridized carbons (Fsp3) is 0.250. The molecule has 1 amide bonds. The Balaban J connectivity index is 2.26. The van der Waals surface area contributed by atoms with Crippen LogP contribution in [0.5, 0.6) is 0 Å². The van der Waals surface area contributed by atoms with Crippen LogP contribution in [0, 0.1) is 0 Å². The first-order chi connectivity index (χ1) is 10.8. The summed E-state index contributed by atoms with van der Waals surface area (Å²) in [5.41, 5.74) is 0.885. The average Bonchev–Trinajstić information content (AvgIpc) is 2.92. The first kappa shape index (κ1) is 16.8. The maximum absolute atomic E-state index is 12.5. The lowest BCUT2D eigenvalue weighted by molar-refractivity contribution is -0.174. The van der Waals surface area contributed by atoms with Crippen molar-refractivity contribution in [2.24, 2.45) is 7.05 Å². The number of aromatic nitrogens is 1. The number of carbonyl (C=O) groups excluding carboxylic acids is 2. The van der Waals surface area contributed by atoms with E-state index in [4.69, 9.17) is 0 Å². The largest absolute Gasteiger partial charge is 0.471 e. The number of benzene rings is 1. The third-order valence-electron chi connectivity index (χ3n) is 3.36. The summed E-state index contributed by atoms with van der Waals surface area (Å²) >= 11 is 0. The molecule has 1 N–H and O–H groups in total. The van der Waals surface area contributed by atoms with Crippen LogP contribution in [0.2, 0.25) is 0 Å². The number of hydrogen-bond acceptors (Lipinski definition) is 2. The maximum Gasteiger partial charge on any atom is 0.471 e. The van der Waals surface area contributed by atoms with E-state index in [1.54, 1.807) is 55.0 Å². The van der Waals surface area contributed by atoms with Gasteiger partial charge in [-0.3, -0.25) is 9.59 Å². The highest BCUT2D eigenvalue weighted by atomic mass is 19.4. The molecule has 1 heterocycles. The monoisotopic (exact) mass is 324 g/mol. The average molecular weight is 324 g/mol. The van der Waals surface area contributed by atoms with E-state index in [0.29, 0.717) is 5.56 Å². The van der Waals surface area contributed by atoms with Gasteiger partial charge in [-0.15, -0.1) is 0 Å². The summed E-state index contributed by atoms with van der Waals surface area (Å²) in [5.74, 6) is -2.69. The second-order valence-corrected chi connectivity index (χ2v) is 5.08. The molecule has 122 valence electrons. The summed E-state index contributed by atoms with van der Waals surface area (Å²) < 4.78 is 39.0. The molecule has 1 aromatic heterocycles. The minimum atomic E-state index is -5.04. The topological polar surface area (TPSA) is 51.1 Å². The molecule has 0 bridgehead atoms. The quantitative estimate of drug-likeness (QED) is 0.859.